The number of nitrogens with zero attached hydrogens (tertiary/aromatic N) is 2. The number of carbonyl (C=O) groups excluding carboxylic acids is 1. The van der Waals surface area contributed by atoms with Gasteiger partial charge in [-0.2, -0.15) is 5.10 Å². The number of nitrogens with one attached hydrogen (secondary N) is 2. The second kappa shape index (κ2) is 5.96. The molecule has 0 aliphatic rings. The van der Waals surface area contributed by atoms with Crippen LogP contribution in [0.15, 0.2) is 6.20 Å². The molecule has 0 aromatic carbocycles. The molecule has 8 heteroatoms. The minimum atomic E-state index is -3.16. The van der Waals surface area contributed by atoms with Crippen molar-refractivity contribution in [3.63, 3.8) is 0 Å². The summed E-state index contributed by atoms with van der Waals surface area (Å²) in [6.45, 7) is 2.54. The van der Waals surface area contributed by atoms with Gasteiger partial charge in [-0.25, -0.2) is 13.1 Å². The zero-order valence-electron chi connectivity index (χ0n) is 10.7. The van der Waals surface area contributed by atoms with E-state index in [1.807, 2.05) is 6.92 Å². The van der Waals surface area contributed by atoms with Crippen molar-refractivity contribution < 1.29 is 13.2 Å². The average Bonchev–Trinajstić information content (AvgIpc) is 2.57. The SMILES string of the molecule is Cc1c(C(=O)NCCCNS(C)(=O)=O)cnn1C. The smallest absolute Gasteiger partial charge is 0.254 e. The third-order valence-corrected chi connectivity index (χ3v) is 3.21. The summed E-state index contributed by atoms with van der Waals surface area (Å²) in [5.74, 6) is -0.194. The van der Waals surface area contributed by atoms with Crippen molar-refractivity contribution in [3.05, 3.63) is 17.5 Å². The van der Waals surface area contributed by atoms with Gasteiger partial charge in [0.05, 0.1) is 18.0 Å². The quantitative estimate of drug-likeness (QED) is 0.677. The number of aryl methyl sites for hydroxylation is 1. The molecule has 7 nitrogen and oxygen atoms in total. The fourth-order valence-corrected chi connectivity index (χ4v) is 1.88. The Morgan fingerprint density at radius 2 is 2.11 bits per heavy atom. The van der Waals surface area contributed by atoms with E-state index >= 15 is 0 Å². The van der Waals surface area contributed by atoms with Gasteiger partial charge < -0.3 is 5.32 Å². The van der Waals surface area contributed by atoms with Gasteiger partial charge in [-0.1, -0.05) is 0 Å². The monoisotopic (exact) mass is 274 g/mol. The number of sulfonamides is 1. The second-order valence-electron chi connectivity index (χ2n) is 4.04. The van der Waals surface area contributed by atoms with Crippen molar-refractivity contribution >= 4 is 15.9 Å². The molecule has 0 bridgehead atoms. The maximum absolute atomic E-state index is 11.7. The number of amides is 1. The van der Waals surface area contributed by atoms with Crippen LogP contribution in [0.4, 0.5) is 0 Å². The third kappa shape index (κ3) is 4.46. The Balaban J connectivity index is 2.32. The molecule has 102 valence electrons. The number of hydrogen-bond acceptors (Lipinski definition) is 4. The van der Waals surface area contributed by atoms with Gasteiger partial charge in [-0.05, 0) is 13.3 Å². The van der Waals surface area contributed by atoms with Crippen LogP contribution in [0.5, 0.6) is 0 Å². The summed E-state index contributed by atoms with van der Waals surface area (Å²) >= 11 is 0. The standard InChI is InChI=1S/C10H18N4O3S/c1-8-9(7-12-14(8)2)10(15)11-5-4-6-13-18(3,16)17/h7,13H,4-6H2,1-3H3,(H,11,15). The van der Waals surface area contributed by atoms with Gasteiger partial charge in [0.25, 0.3) is 5.91 Å². The van der Waals surface area contributed by atoms with Crippen LogP contribution < -0.4 is 10.0 Å². The van der Waals surface area contributed by atoms with Gasteiger partial charge in [-0.15, -0.1) is 0 Å². The highest BCUT2D eigenvalue weighted by molar-refractivity contribution is 7.88. The zero-order valence-corrected chi connectivity index (χ0v) is 11.5. The zero-order chi connectivity index (χ0) is 13.8. The molecule has 0 unspecified atom stereocenters. The summed E-state index contributed by atoms with van der Waals surface area (Å²) in [5.41, 5.74) is 1.33. The first kappa shape index (κ1) is 14.7. The first-order chi connectivity index (χ1) is 8.31. The highest BCUT2D eigenvalue weighted by Gasteiger charge is 2.11. The van der Waals surface area contributed by atoms with Crippen LogP contribution >= 0.6 is 0 Å². The van der Waals surface area contributed by atoms with Crippen molar-refractivity contribution in [1.82, 2.24) is 19.8 Å². The predicted molar refractivity (Wildman–Crippen MR) is 67.7 cm³/mol. The Hall–Kier alpha value is -1.41. The Labute approximate surface area is 107 Å². The minimum Gasteiger partial charge on any atom is -0.352 e. The summed E-state index contributed by atoms with van der Waals surface area (Å²) < 4.78 is 25.6. The lowest BCUT2D eigenvalue weighted by Gasteiger charge is -2.05. The molecular weight excluding hydrogens is 256 g/mol. The average molecular weight is 274 g/mol. The molecule has 0 saturated carbocycles. The van der Waals surface area contributed by atoms with E-state index in [0.717, 1.165) is 11.9 Å². The molecule has 0 fully saturated rings. The van der Waals surface area contributed by atoms with Crippen molar-refractivity contribution in [3.8, 4) is 0 Å². The Morgan fingerprint density at radius 1 is 1.44 bits per heavy atom. The van der Waals surface area contributed by atoms with E-state index in [4.69, 9.17) is 0 Å². The van der Waals surface area contributed by atoms with Gasteiger partial charge in [0, 0.05) is 25.8 Å². The van der Waals surface area contributed by atoms with Crippen LogP contribution in [0.1, 0.15) is 22.5 Å². The predicted octanol–water partition coefficient (Wildman–Crippen LogP) is -0.602. The van der Waals surface area contributed by atoms with Crippen LogP contribution in [0.2, 0.25) is 0 Å². The molecule has 1 rings (SSSR count). The Morgan fingerprint density at radius 3 is 2.61 bits per heavy atom. The molecule has 0 saturated heterocycles. The summed E-state index contributed by atoms with van der Waals surface area (Å²) in [6, 6.07) is 0. The van der Waals surface area contributed by atoms with Crippen LogP contribution in [-0.4, -0.2) is 43.5 Å². The van der Waals surface area contributed by atoms with E-state index < -0.39 is 10.0 Å². The number of carbonyl (C=O) groups is 1. The van der Waals surface area contributed by atoms with Crippen molar-refractivity contribution in [1.29, 1.82) is 0 Å². The van der Waals surface area contributed by atoms with Crippen molar-refractivity contribution in [2.24, 2.45) is 7.05 Å². The first-order valence-electron chi connectivity index (χ1n) is 5.52. The molecule has 0 spiro atoms. The van der Waals surface area contributed by atoms with Crippen LogP contribution in [-0.2, 0) is 17.1 Å². The summed E-state index contributed by atoms with van der Waals surface area (Å²) in [6.07, 6.45) is 3.15. The van der Waals surface area contributed by atoms with Crippen molar-refractivity contribution in [2.75, 3.05) is 19.3 Å². The van der Waals surface area contributed by atoms with Crippen LogP contribution in [0.3, 0.4) is 0 Å². The molecule has 0 atom stereocenters. The van der Waals surface area contributed by atoms with Crippen LogP contribution in [0, 0.1) is 6.92 Å². The first-order valence-corrected chi connectivity index (χ1v) is 7.42. The van der Waals surface area contributed by atoms with E-state index in [0.29, 0.717) is 25.1 Å². The fraction of sp³-hybridized carbons (Fsp3) is 0.600. The number of hydrogen-bond donors (Lipinski definition) is 2. The fourth-order valence-electron chi connectivity index (χ4n) is 1.36. The Bertz CT molecular complexity index is 521. The highest BCUT2D eigenvalue weighted by Crippen LogP contribution is 2.04. The molecule has 1 aromatic heterocycles. The molecule has 0 aliphatic heterocycles. The second-order valence-corrected chi connectivity index (χ2v) is 5.88. The maximum atomic E-state index is 11.7. The molecule has 0 aliphatic carbocycles. The molecule has 0 radical (unpaired) electrons. The van der Waals surface area contributed by atoms with Crippen molar-refractivity contribution in [2.45, 2.75) is 13.3 Å². The van der Waals surface area contributed by atoms with Crippen LogP contribution in [0.25, 0.3) is 0 Å². The van der Waals surface area contributed by atoms with E-state index in [1.165, 1.54) is 6.20 Å². The topological polar surface area (TPSA) is 93.1 Å². The van der Waals surface area contributed by atoms with E-state index in [1.54, 1.807) is 11.7 Å². The number of aromatic nitrogens is 2. The normalized spacial score (nSPS) is 11.5. The summed E-state index contributed by atoms with van der Waals surface area (Å²) in [4.78, 5) is 11.7. The molecule has 1 heterocycles. The summed E-state index contributed by atoms with van der Waals surface area (Å²) in [5, 5.41) is 6.69. The van der Waals surface area contributed by atoms with E-state index in [2.05, 4.69) is 15.1 Å². The maximum Gasteiger partial charge on any atom is 0.254 e. The molecule has 2 N–H and O–H groups in total. The largest absolute Gasteiger partial charge is 0.352 e. The van der Waals surface area contributed by atoms with Gasteiger partial charge >= 0.3 is 0 Å². The lowest BCUT2D eigenvalue weighted by Crippen LogP contribution is -2.29. The lowest BCUT2D eigenvalue weighted by molar-refractivity contribution is 0.0952. The summed E-state index contributed by atoms with van der Waals surface area (Å²) in [7, 11) is -1.39. The van der Waals surface area contributed by atoms with Gasteiger partial charge in [0.1, 0.15) is 0 Å². The van der Waals surface area contributed by atoms with Gasteiger partial charge in [-0.3, -0.25) is 9.48 Å². The molecule has 1 amide bonds. The third-order valence-electron chi connectivity index (χ3n) is 2.48. The lowest BCUT2D eigenvalue weighted by atomic mass is 10.2. The highest BCUT2D eigenvalue weighted by atomic mass is 32.2. The van der Waals surface area contributed by atoms with Gasteiger partial charge in [0.15, 0.2) is 0 Å². The van der Waals surface area contributed by atoms with E-state index in [9.17, 15) is 13.2 Å². The molecular formula is C10H18N4O3S. The number of rotatable bonds is 6. The Kier molecular flexibility index (Phi) is 4.85. The van der Waals surface area contributed by atoms with E-state index in [-0.39, 0.29) is 5.91 Å². The van der Waals surface area contributed by atoms with Gasteiger partial charge in [0.2, 0.25) is 10.0 Å². The minimum absolute atomic E-state index is 0.194. The molecule has 1 aromatic rings. The molecule has 18 heavy (non-hydrogen) atoms.